The zero-order chi connectivity index (χ0) is 15.1. The number of carbonyl (C=O) groups is 1. The first kappa shape index (κ1) is 16.3. The van der Waals surface area contributed by atoms with Crippen molar-refractivity contribution in [2.45, 2.75) is 45.8 Å². The van der Waals surface area contributed by atoms with Gasteiger partial charge in [0.05, 0.1) is 10.6 Å². The van der Waals surface area contributed by atoms with E-state index < -0.39 is 6.10 Å². The zero-order valence-electron chi connectivity index (χ0n) is 11.9. The van der Waals surface area contributed by atoms with Crippen LogP contribution < -0.4 is 10.1 Å². The summed E-state index contributed by atoms with van der Waals surface area (Å²) in [6.45, 7) is 5.74. The van der Waals surface area contributed by atoms with Gasteiger partial charge >= 0.3 is 0 Å². The second kappa shape index (κ2) is 7.76. The van der Waals surface area contributed by atoms with Gasteiger partial charge in [-0.1, -0.05) is 25.4 Å². The van der Waals surface area contributed by atoms with Gasteiger partial charge in [-0.05, 0) is 31.9 Å². The Labute approximate surface area is 124 Å². The molecule has 1 amide bonds. The fourth-order valence-electron chi connectivity index (χ4n) is 1.73. The minimum absolute atomic E-state index is 0.154. The van der Waals surface area contributed by atoms with E-state index in [0.29, 0.717) is 16.3 Å². The summed E-state index contributed by atoms with van der Waals surface area (Å²) in [5.41, 5.74) is 0.383. The van der Waals surface area contributed by atoms with Crippen LogP contribution in [-0.4, -0.2) is 18.1 Å². The summed E-state index contributed by atoms with van der Waals surface area (Å²) in [5, 5.41) is 12.0. The molecule has 5 heteroatoms. The molecule has 0 spiro atoms. The lowest BCUT2D eigenvalue weighted by Crippen LogP contribution is -2.42. The molecule has 0 aromatic heterocycles. The van der Waals surface area contributed by atoms with Gasteiger partial charge in [0.2, 0.25) is 0 Å². The minimum atomic E-state index is -0.611. The number of rotatable bonds is 6. The minimum Gasteiger partial charge on any atom is -0.481 e. The summed E-state index contributed by atoms with van der Waals surface area (Å²) in [6.07, 6.45) is 1.16. The summed E-state index contributed by atoms with van der Waals surface area (Å²) in [6, 6.07) is 6.88. The molecule has 0 aliphatic carbocycles. The maximum absolute atomic E-state index is 12.0. The Bertz CT molecular complexity index is 507. The fraction of sp³-hybridized carbons (Fsp3) is 0.467. The summed E-state index contributed by atoms with van der Waals surface area (Å²) in [5.74, 6) is 0.320. The van der Waals surface area contributed by atoms with Crippen LogP contribution in [0.1, 0.15) is 39.2 Å². The van der Waals surface area contributed by atoms with Gasteiger partial charge in [0, 0.05) is 12.1 Å². The van der Waals surface area contributed by atoms with Crippen LogP contribution in [0.4, 0.5) is 0 Å². The second-order valence-corrected chi connectivity index (χ2v) is 4.94. The summed E-state index contributed by atoms with van der Waals surface area (Å²) >= 11 is 5.92. The van der Waals surface area contributed by atoms with Crippen molar-refractivity contribution in [3.8, 4) is 11.8 Å². The zero-order valence-corrected chi connectivity index (χ0v) is 12.7. The lowest BCUT2D eigenvalue weighted by molar-refractivity contribution is -0.128. The first-order chi connectivity index (χ1) is 9.51. The van der Waals surface area contributed by atoms with Crippen LogP contribution in [0.25, 0.3) is 0 Å². The molecule has 20 heavy (non-hydrogen) atoms. The first-order valence-electron chi connectivity index (χ1n) is 6.68. The highest BCUT2D eigenvalue weighted by molar-refractivity contribution is 6.31. The quantitative estimate of drug-likeness (QED) is 0.876. The highest BCUT2D eigenvalue weighted by Gasteiger charge is 2.17. The fourth-order valence-corrected chi connectivity index (χ4v) is 1.94. The van der Waals surface area contributed by atoms with E-state index in [9.17, 15) is 4.79 Å². The van der Waals surface area contributed by atoms with Crippen LogP contribution in [0.2, 0.25) is 5.02 Å². The molecule has 0 saturated carbocycles. The molecule has 1 N–H and O–H groups in total. The molecular formula is C15H19ClN2O2. The molecule has 0 saturated heterocycles. The van der Waals surface area contributed by atoms with Gasteiger partial charge in [-0.15, -0.1) is 0 Å². The standard InChI is InChI=1S/C15H19ClN2O2/c1-4-12(5-2)18-15(19)10(3)20-13-7-6-11(9-17)14(16)8-13/h6-8,10,12H,4-5H2,1-3H3,(H,18,19). The molecule has 0 radical (unpaired) electrons. The molecular weight excluding hydrogens is 276 g/mol. The largest absolute Gasteiger partial charge is 0.481 e. The van der Waals surface area contributed by atoms with E-state index in [0.717, 1.165) is 12.8 Å². The number of hydrogen-bond donors (Lipinski definition) is 1. The van der Waals surface area contributed by atoms with Gasteiger partial charge in [-0.2, -0.15) is 5.26 Å². The number of nitrogens with one attached hydrogen (secondary N) is 1. The number of nitriles is 1. The van der Waals surface area contributed by atoms with Crippen LogP contribution in [0.5, 0.6) is 5.75 Å². The van der Waals surface area contributed by atoms with E-state index in [1.807, 2.05) is 19.9 Å². The number of nitrogens with zero attached hydrogens (tertiary/aromatic N) is 1. The normalized spacial score (nSPS) is 11.8. The van der Waals surface area contributed by atoms with Crippen molar-refractivity contribution < 1.29 is 9.53 Å². The molecule has 0 aliphatic heterocycles. The monoisotopic (exact) mass is 294 g/mol. The van der Waals surface area contributed by atoms with Crippen molar-refractivity contribution in [3.05, 3.63) is 28.8 Å². The van der Waals surface area contributed by atoms with Crippen molar-refractivity contribution in [2.75, 3.05) is 0 Å². The third kappa shape index (κ3) is 4.43. The second-order valence-electron chi connectivity index (χ2n) is 4.54. The SMILES string of the molecule is CCC(CC)NC(=O)C(C)Oc1ccc(C#N)c(Cl)c1. The van der Waals surface area contributed by atoms with Gasteiger partial charge in [0.15, 0.2) is 6.10 Å². The van der Waals surface area contributed by atoms with Gasteiger partial charge < -0.3 is 10.1 Å². The molecule has 1 rings (SSSR count). The van der Waals surface area contributed by atoms with E-state index in [1.54, 1.807) is 25.1 Å². The van der Waals surface area contributed by atoms with Gasteiger partial charge in [-0.25, -0.2) is 0 Å². The molecule has 108 valence electrons. The van der Waals surface area contributed by atoms with E-state index in [1.165, 1.54) is 0 Å². The lowest BCUT2D eigenvalue weighted by Gasteiger charge is -2.19. The molecule has 0 heterocycles. The molecule has 4 nitrogen and oxygen atoms in total. The third-order valence-electron chi connectivity index (χ3n) is 3.08. The Balaban J connectivity index is 2.66. The first-order valence-corrected chi connectivity index (χ1v) is 7.06. The van der Waals surface area contributed by atoms with Gasteiger partial charge in [0.25, 0.3) is 5.91 Å². The number of amides is 1. The van der Waals surface area contributed by atoms with Crippen LogP contribution in [0.15, 0.2) is 18.2 Å². The van der Waals surface area contributed by atoms with E-state index in [-0.39, 0.29) is 11.9 Å². The van der Waals surface area contributed by atoms with Crippen LogP contribution in [-0.2, 0) is 4.79 Å². The maximum Gasteiger partial charge on any atom is 0.260 e. The number of ether oxygens (including phenoxy) is 1. The molecule has 0 aliphatic rings. The molecule has 1 aromatic carbocycles. The number of halogens is 1. The topological polar surface area (TPSA) is 62.1 Å². The van der Waals surface area contributed by atoms with Crippen LogP contribution in [0, 0.1) is 11.3 Å². The van der Waals surface area contributed by atoms with Crippen molar-refractivity contribution in [1.29, 1.82) is 5.26 Å². The van der Waals surface area contributed by atoms with Crippen molar-refractivity contribution >= 4 is 17.5 Å². The Kier molecular flexibility index (Phi) is 6.33. The van der Waals surface area contributed by atoms with E-state index in [4.69, 9.17) is 21.6 Å². The van der Waals surface area contributed by atoms with Gasteiger partial charge in [0.1, 0.15) is 11.8 Å². The maximum atomic E-state index is 12.0. The number of hydrogen-bond acceptors (Lipinski definition) is 3. The third-order valence-corrected chi connectivity index (χ3v) is 3.39. The van der Waals surface area contributed by atoms with Gasteiger partial charge in [-0.3, -0.25) is 4.79 Å². The highest BCUT2D eigenvalue weighted by atomic mass is 35.5. The van der Waals surface area contributed by atoms with Crippen LogP contribution >= 0.6 is 11.6 Å². The molecule has 0 bridgehead atoms. The molecule has 0 fully saturated rings. The van der Waals surface area contributed by atoms with Crippen molar-refractivity contribution in [3.63, 3.8) is 0 Å². The number of carbonyl (C=O) groups excluding carboxylic acids is 1. The summed E-state index contributed by atoms with van der Waals surface area (Å²) < 4.78 is 5.54. The van der Waals surface area contributed by atoms with Crippen LogP contribution in [0.3, 0.4) is 0 Å². The van der Waals surface area contributed by atoms with E-state index >= 15 is 0 Å². The summed E-state index contributed by atoms with van der Waals surface area (Å²) in [4.78, 5) is 12.0. The average molecular weight is 295 g/mol. The number of benzene rings is 1. The Morgan fingerprint density at radius 3 is 2.60 bits per heavy atom. The van der Waals surface area contributed by atoms with E-state index in [2.05, 4.69) is 5.32 Å². The average Bonchev–Trinajstić information content (AvgIpc) is 2.44. The lowest BCUT2D eigenvalue weighted by atomic mass is 10.1. The molecule has 1 atom stereocenters. The Morgan fingerprint density at radius 1 is 1.45 bits per heavy atom. The highest BCUT2D eigenvalue weighted by Crippen LogP contribution is 2.22. The molecule has 1 aromatic rings. The summed E-state index contributed by atoms with van der Waals surface area (Å²) in [7, 11) is 0. The Morgan fingerprint density at radius 2 is 2.10 bits per heavy atom. The predicted octanol–water partition coefficient (Wildman–Crippen LogP) is 3.28. The predicted molar refractivity (Wildman–Crippen MR) is 78.8 cm³/mol. The van der Waals surface area contributed by atoms with Crippen molar-refractivity contribution in [1.82, 2.24) is 5.32 Å². The molecule has 1 unspecified atom stereocenters. The Hall–Kier alpha value is -1.73. The van der Waals surface area contributed by atoms with Crippen molar-refractivity contribution in [2.24, 2.45) is 0 Å². The smallest absolute Gasteiger partial charge is 0.260 e.